The average molecular weight is 155 g/mol. The summed E-state index contributed by atoms with van der Waals surface area (Å²) in [5.74, 6) is -0.972. The average Bonchev–Trinajstić information content (AvgIpc) is 1.99. The number of allylic oxidation sites excluding steroid dienone is 1. The fourth-order valence-corrected chi connectivity index (χ4v) is 0.557. The maximum Gasteiger partial charge on any atom is 0.354 e. The molecule has 0 unspecified atom stereocenters. The number of carboxylic acids is 1. The van der Waals surface area contributed by atoms with Crippen molar-refractivity contribution in [3.63, 3.8) is 0 Å². The molecule has 3 nitrogen and oxygen atoms in total. The molecule has 0 aliphatic rings. The van der Waals surface area contributed by atoms with E-state index >= 15 is 0 Å². The lowest BCUT2D eigenvalue weighted by atomic mass is 10.2. The van der Waals surface area contributed by atoms with Gasteiger partial charge in [-0.3, -0.25) is 4.99 Å². The number of hydrogen-bond donors (Lipinski definition) is 1. The van der Waals surface area contributed by atoms with E-state index in [-0.39, 0.29) is 5.71 Å². The Kier molecular flexibility index (Phi) is 4.18. The predicted molar refractivity (Wildman–Crippen MR) is 45.0 cm³/mol. The smallest absolute Gasteiger partial charge is 0.354 e. The van der Waals surface area contributed by atoms with Crippen molar-refractivity contribution in [1.29, 1.82) is 0 Å². The van der Waals surface area contributed by atoms with Gasteiger partial charge in [0.1, 0.15) is 5.71 Å². The Hall–Kier alpha value is -1.12. The van der Waals surface area contributed by atoms with Crippen LogP contribution in [0.4, 0.5) is 0 Å². The van der Waals surface area contributed by atoms with Gasteiger partial charge < -0.3 is 5.11 Å². The van der Waals surface area contributed by atoms with Crippen LogP contribution in [0.3, 0.4) is 0 Å². The van der Waals surface area contributed by atoms with Gasteiger partial charge >= 0.3 is 5.97 Å². The number of carboxylic acid groups (broad SMARTS) is 1. The van der Waals surface area contributed by atoms with Gasteiger partial charge in [-0.2, -0.15) is 0 Å². The molecule has 0 saturated carbocycles. The van der Waals surface area contributed by atoms with Crippen LogP contribution in [-0.4, -0.2) is 23.8 Å². The Morgan fingerprint density at radius 1 is 1.64 bits per heavy atom. The molecule has 3 heteroatoms. The van der Waals surface area contributed by atoms with Crippen molar-refractivity contribution in [3.8, 4) is 0 Å². The molecule has 0 saturated heterocycles. The van der Waals surface area contributed by atoms with Crippen LogP contribution in [0, 0.1) is 0 Å². The lowest BCUT2D eigenvalue weighted by Crippen LogP contribution is -2.10. The lowest BCUT2D eigenvalue weighted by Gasteiger charge is -1.94. The molecule has 11 heavy (non-hydrogen) atoms. The van der Waals surface area contributed by atoms with Gasteiger partial charge in [-0.05, 0) is 19.4 Å². The second-order valence-corrected chi connectivity index (χ2v) is 2.26. The number of aliphatic carboxylic acids is 1. The quantitative estimate of drug-likeness (QED) is 0.628. The third kappa shape index (κ3) is 3.55. The van der Waals surface area contributed by atoms with Gasteiger partial charge in [-0.1, -0.05) is 12.5 Å². The monoisotopic (exact) mass is 155 g/mol. The van der Waals surface area contributed by atoms with Gasteiger partial charge in [0.05, 0.1) is 0 Å². The van der Waals surface area contributed by atoms with Gasteiger partial charge in [0.15, 0.2) is 0 Å². The third-order valence-electron chi connectivity index (χ3n) is 1.40. The largest absolute Gasteiger partial charge is 0.477 e. The van der Waals surface area contributed by atoms with E-state index < -0.39 is 5.97 Å². The number of hydrogen-bond acceptors (Lipinski definition) is 2. The van der Waals surface area contributed by atoms with Crippen LogP contribution in [0.25, 0.3) is 0 Å². The molecule has 0 aliphatic heterocycles. The van der Waals surface area contributed by atoms with E-state index in [2.05, 4.69) is 4.99 Å². The molecule has 0 aromatic rings. The molecule has 0 amide bonds. The van der Waals surface area contributed by atoms with Crippen LogP contribution in [0.15, 0.2) is 16.6 Å². The SMILES string of the molecule is CC/C(C)=C\C(=NC)C(=O)O. The van der Waals surface area contributed by atoms with Crippen LogP contribution in [-0.2, 0) is 4.79 Å². The van der Waals surface area contributed by atoms with Crippen molar-refractivity contribution < 1.29 is 9.90 Å². The zero-order chi connectivity index (χ0) is 8.85. The molecule has 62 valence electrons. The fraction of sp³-hybridized carbons (Fsp3) is 0.500. The molecule has 1 N–H and O–H groups in total. The zero-order valence-electron chi connectivity index (χ0n) is 7.09. The van der Waals surface area contributed by atoms with Gasteiger partial charge in [0.2, 0.25) is 0 Å². The Labute approximate surface area is 66.5 Å². The Balaban J connectivity index is 4.45. The summed E-state index contributed by atoms with van der Waals surface area (Å²) in [5.41, 5.74) is 1.14. The molecular formula is C8H13NO2. The minimum absolute atomic E-state index is 0.115. The van der Waals surface area contributed by atoms with Crippen molar-refractivity contribution in [2.45, 2.75) is 20.3 Å². The summed E-state index contributed by atoms with van der Waals surface area (Å²) in [6, 6.07) is 0. The van der Waals surface area contributed by atoms with Crippen molar-refractivity contribution in [2.24, 2.45) is 4.99 Å². The summed E-state index contributed by atoms with van der Waals surface area (Å²) in [5, 5.41) is 8.54. The fourth-order valence-electron chi connectivity index (χ4n) is 0.557. The van der Waals surface area contributed by atoms with Crippen LogP contribution < -0.4 is 0 Å². The highest BCUT2D eigenvalue weighted by Gasteiger charge is 2.03. The summed E-state index contributed by atoms with van der Waals surface area (Å²) in [6.45, 7) is 3.86. The molecule has 0 aliphatic carbocycles. The summed E-state index contributed by atoms with van der Waals surface area (Å²) >= 11 is 0. The number of rotatable bonds is 3. The van der Waals surface area contributed by atoms with Crippen molar-refractivity contribution >= 4 is 11.7 Å². The van der Waals surface area contributed by atoms with Crippen LogP contribution in [0.1, 0.15) is 20.3 Å². The summed E-state index contributed by atoms with van der Waals surface area (Å²) < 4.78 is 0. The molecule has 0 rings (SSSR count). The van der Waals surface area contributed by atoms with E-state index in [1.807, 2.05) is 13.8 Å². The molecule has 0 aromatic heterocycles. The molecule has 0 heterocycles. The highest BCUT2D eigenvalue weighted by Crippen LogP contribution is 1.98. The standard InChI is InChI=1S/C8H13NO2/c1-4-6(2)5-7(9-3)8(10)11/h5H,4H2,1-3H3,(H,10,11)/b6-5-,9-7?. The maximum atomic E-state index is 10.4. The second kappa shape index (κ2) is 4.66. The summed E-state index contributed by atoms with van der Waals surface area (Å²) in [6.07, 6.45) is 2.44. The van der Waals surface area contributed by atoms with Crippen LogP contribution in [0.5, 0.6) is 0 Å². The predicted octanol–water partition coefficient (Wildman–Crippen LogP) is 1.50. The number of nitrogens with zero attached hydrogens (tertiary/aromatic N) is 1. The highest BCUT2D eigenvalue weighted by atomic mass is 16.4. The summed E-state index contributed by atoms with van der Waals surface area (Å²) in [7, 11) is 1.48. The third-order valence-corrected chi connectivity index (χ3v) is 1.40. The topological polar surface area (TPSA) is 49.7 Å². The minimum Gasteiger partial charge on any atom is -0.477 e. The van der Waals surface area contributed by atoms with E-state index in [0.717, 1.165) is 12.0 Å². The molecule has 0 spiro atoms. The van der Waals surface area contributed by atoms with Crippen LogP contribution in [0.2, 0.25) is 0 Å². The lowest BCUT2D eigenvalue weighted by molar-refractivity contribution is -0.129. The highest BCUT2D eigenvalue weighted by molar-refractivity contribution is 6.40. The first-order valence-corrected chi connectivity index (χ1v) is 3.49. The number of carbonyl (C=O) groups is 1. The zero-order valence-corrected chi connectivity index (χ0v) is 7.09. The van der Waals surface area contributed by atoms with Gasteiger partial charge in [0, 0.05) is 7.05 Å². The van der Waals surface area contributed by atoms with E-state index in [0.29, 0.717) is 0 Å². The molecular weight excluding hydrogens is 142 g/mol. The molecule has 0 aromatic carbocycles. The first kappa shape index (κ1) is 9.88. The first-order valence-electron chi connectivity index (χ1n) is 3.49. The van der Waals surface area contributed by atoms with E-state index in [1.165, 1.54) is 7.05 Å². The van der Waals surface area contributed by atoms with Crippen LogP contribution >= 0.6 is 0 Å². The van der Waals surface area contributed by atoms with Crippen molar-refractivity contribution in [2.75, 3.05) is 7.05 Å². The summed E-state index contributed by atoms with van der Waals surface area (Å²) in [4.78, 5) is 14.0. The van der Waals surface area contributed by atoms with E-state index in [9.17, 15) is 4.79 Å². The maximum absolute atomic E-state index is 10.4. The van der Waals surface area contributed by atoms with Crippen molar-refractivity contribution in [1.82, 2.24) is 0 Å². The van der Waals surface area contributed by atoms with E-state index in [1.54, 1.807) is 6.08 Å². The Bertz CT molecular complexity index is 204. The minimum atomic E-state index is -0.972. The molecule has 0 fully saturated rings. The van der Waals surface area contributed by atoms with Gasteiger partial charge in [0.25, 0.3) is 0 Å². The first-order chi connectivity index (χ1) is 5.11. The molecule has 0 atom stereocenters. The molecule has 0 radical (unpaired) electrons. The van der Waals surface area contributed by atoms with E-state index in [4.69, 9.17) is 5.11 Å². The Morgan fingerprint density at radius 2 is 2.18 bits per heavy atom. The van der Waals surface area contributed by atoms with Crippen molar-refractivity contribution in [3.05, 3.63) is 11.6 Å². The van der Waals surface area contributed by atoms with Gasteiger partial charge in [-0.25, -0.2) is 4.79 Å². The van der Waals surface area contributed by atoms with Gasteiger partial charge in [-0.15, -0.1) is 0 Å². The Morgan fingerprint density at radius 3 is 2.45 bits per heavy atom. The number of aliphatic imine (C=N–C) groups is 1. The molecule has 0 bridgehead atoms. The normalized spacial score (nSPS) is 13.4. The second-order valence-electron chi connectivity index (χ2n) is 2.26.